The van der Waals surface area contributed by atoms with Crippen LogP contribution in [0.2, 0.25) is 0 Å². The van der Waals surface area contributed by atoms with E-state index in [1.807, 2.05) is 51.9 Å². The van der Waals surface area contributed by atoms with Gasteiger partial charge < -0.3 is 15.5 Å². The van der Waals surface area contributed by atoms with Crippen LogP contribution in [0.25, 0.3) is 0 Å². The van der Waals surface area contributed by atoms with Gasteiger partial charge >= 0.3 is 0 Å². The van der Waals surface area contributed by atoms with Crippen LogP contribution >= 0.6 is 35.3 Å². The zero-order valence-corrected chi connectivity index (χ0v) is 17.9. The normalized spacial score (nSPS) is 11.7. The maximum Gasteiger partial charge on any atom is 0.242 e. The quantitative estimate of drug-likeness (QED) is 0.408. The number of aromatic nitrogens is 1. The molecule has 0 unspecified atom stereocenters. The van der Waals surface area contributed by atoms with Gasteiger partial charge in [-0.15, -0.1) is 35.3 Å². The van der Waals surface area contributed by atoms with Gasteiger partial charge in [-0.1, -0.05) is 0 Å². The first kappa shape index (κ1) is 22.1. The first-order valence-electron chi connectivity index (χ1n) is 7.42. The van der Waals surface area contributed by atoms with Crippen molar-refractivity contribution in [2.45, 2.75) is 46.7 Å². The molecule has 2 N–H and O–H groups in total. The maximum atomic E-state index is 11.9. The monoisotopic (exact) mass is 453 g/mol. The van der Waals surface area contributed by atoms with Gasteiger partial charge in [0.1, 0.15) is 6.54 Å². The Morgan fingerprint density at radius 1 is 1.43 bits per heavy atom. The number of nitrogens with one attached hydrogen (secondary N) is 2. The molecule has 0 saturated carbocycles. The molecular weight excluding hydrogens is 425 g/mol. The van der Waals surface area contributed by atoms with Gasteiger partial charge in [-0.05, 0) is 34.6 Å². The van der Waals surface area contributed by atoms with Gasteiger partial charge in [0.05, 0.1) is 17.2 Å². The highest BCUT2D eigenvalue weighted by Gasteiger charge is 2.14. The summed E-state index contributed by atoms with van der Waals surface area (Å²) in [7, 11) is 1.94. The van der Waals surface area contributed by atoms with Crippen molar-refractivity contribution in [3.63, 3.8) is 0 Å². The molecule has 1 aromatic heterocycles. The van der Waals surface area contributed by atoms with Crippen molar-refractivity contribution in [3.8, 4) is 0 Å². The summed E-state index contributed by atoms with van der Waals surface area (Å²) in [5, 5.41) is 9.20. The molecule has 0 atom stereocenters. The Morgan fingerprint density at radius 2 is 2.09 bits per heavy atom. The van der Waals surface area contributed by atoms with E-state index in [0.717, 1.165) is 17.2 Å². The number of guanidine groups is 1. The number of halogens is 1. The van der Waals surface area contributed by atoms with Crippen LogP contribution in [-0.4, -0.2) is 47.4 Å². The standard InChI is InChI=1S/C15H27N5OS.HI/c1-7-16-14(17-8-13(21)19-15(3,4)5)20(6)9-12-10-22-11(2)18-12;/h10H,7-9H2,1-6H3,(H,16,17)(H,19,21);1H. The third-order valence-corrected chi connectivity index (χ3v) is 3.47. The Bertz CT molecular complexity index is 524. The molecule has 8 heteroatoms. The smallest absolute Gasteiger partial charge is 0.242 e. The fourth-order valence-electron chi connectivity index (χ4n) is 1.87. The van der Waals surface area contributed by atoms with Gasteiger partial charge in [-0.25, -0.2) is 9.98 Å². The van der Waals surface area contributed by atoms with Gasteiger partial charge in [0.2, 0.25) is 5.91 Å². The van der Waals surface area contributed by atoms with Crippen molar-refractivity contribution in [1.82, 2.24) is 20.5 Å². The summed E-state index contributed by atoms with van der Waals surface area (Å²) in [4.78, 5) is 22.7. The highest BCUT2D eigenvalue weighted by Crippen LogP contribution is 2.09. The minimum atomic E-state index is -0.241. The molecule has 0 bridgehead atoms. The molecule has 132 valence electrons. The Hall–Kier alpha value is -0.900. The van der Waals surface area contributed by atoms with E-state index < -0.39 is 0 Å². The first-order valence-corrected chi connectivity index (χ1v) is 8.30. The zero-order valence-electron chi connectivity index (χ0n) is 14.8. The molecule has 0 aliphatic heterocycles. The van der Waals surface area contributed by atoms with Gasteiger partial charge in [0, 0.05) is 24.5 Å². The van der Waals surface area contributed by atoms with Crippen molar-refractivity contribution >= 4 is 47.2 Å². The van der Waals surface area contributed by atoms with Crippen LogP contribution in [0.4, 0.5) is 0 Å². The predicted octanol–water partition coefficient (Wildman–Crippen LogP) is 2.38. The van der Waals surface area contributed by atoms with E-state index >= 15 is 0 Å². The van der Waals surface area contributed by atoms with Crippen LogP contribution in [0.5, 0.6) is 0 Å². The van der Waals surface area contributed by atoms with E-state index in [1.165, 1.54) is 0 Å². The molecular formula is C15H28IN5OS. The molecule has 0 fully saturated rings. The summed E-state index contributed by atoms with van der Waals surface area (Å²) >= 11 is 1.63. The second-order valence-electron chi connectivity index (χ2n) is 6.18. The molecule has 0 spiro atoms. The highest BCUT2D eigenvalue weighted by molar-refractivity contribution is 14.0. The average Bonchev–Trinajstić information content (AvgIpc) is 2.77. The number of thiazole rings is 1. The average molecular weight is 453 g/mol. The highest BCUT2D eigenvalue weighted by atomic mass is 127. The minimum Gasteiger partial charge on any atom is -0.357 e. The summed E-state index contributed by atoms with van der Waals surface area (Å²) < 4.78 is 0. The summed E-state index contributed by atoms with van der Waals surface area (Å²) in [5.41, 5.74) is 0.768. The van der Waals surface area contributed by atoms with E-state index in [-0.39, 0.29) is 42.0 Å². The van der Waals surface area contributed by atoms with Crippen LogP contribution < -0.4 is 10.6 Å². The van der Waals surface area contributed by atoms with Crippen molar-refractivity contribution in [1.29, 1.82) is 0 Å². The number of carbonyl (C=O) groups excluding carboxylic acids is 1. The van der Waals surface area contributed by atoms with Crippen LogP contribution in [0, 0.1) is 6.92 Å². The number of carbonyl (C=O) groups is 1. The molecule has 1 heterocycles. The Labute approximate surface area is 160 Å². The fourth-order valence-corrected chi connectivity index (χ4v) is 2.48. The molecule has 0 aliphatic rings. The Morgan fingerprint density at radius 3 is 2.57 bits per heavy atom. The summed E-state index contributed by atoms with van der Waals surface area (Å²) in [6.45, 7) is 11.4. The second-order valence-corrected chi connectivity index (χ2v) is 7.24. The summed E-state index contributed by atoms with van der Waals surface area (Å²) in [5.74, 6) is 0.623. The molecule has 0 saturated heterocycles. The minimum absolute atomic E-state index is 0. The van der Waals surface area contributed by atoms with Crippen molar-refractivity contribution in [2.75, 3.05) is 20.1 Å². The van der Waals surface area contributed by atoms with Crippen LogP contribution in [-0.2, 0) is 11.3 Å². The van der Waals surface area contributed by atoms with Crippen molar-refractivity contribution in [2.24, 2.45) is 4.99 Å². The number of amides is 1. The number of nitrogens with zero attached hydrogens (tertiary/aromatic N) is 3. The van der Waals surface area contributed by atoms with E-state index in [0.29, 0.717) is 12.5 Å². The second kappa shape index (κ2) is 10.1. The van der Waals surface area contributed by atoms with E-state index in [4.69, 9.17) is 0 Å². The lowest BCUT2D eigenvalue weighted by Crippen LogP contribution is -2.43. The number of hydrogen-bond acceptors (Lipinski definition) is 4. The van der Waals surface area contributed by atoms with Crippen molar-refractivity contribution < 1.29 is 4.79 Å². The molecule has 23 heavy (non-hydrogen) atoms. The van der Waals surface area contributed by atoms with Gasteiger partial charge in [0.15, 0.2) is 5.96 Å². The number of aryl methyl sites for hydroxylation is 1. The Balaban J connectivity index is 0.00000484. The third kappa shape index (κ3) is 9.09. The van der Waals surface area contributed by atoms with Crippen LogP contribution in [0.1, 0.15) is 38.4 Å². The zero-order chi connectivity index (χ0) is 16.8. The van der Waals surface area contributed by atoms with Gasteiger partial charge in [-0.2, -0.15) is 0 Å². The SMILES string of the molecule is CCNC(=NCC(=O)NC(C)(C)C)N(C)Cc1csc(C)n1.I. The number of rotatable bonds is 5. The van der Waals surface area contributed by atoms with Crippen LogP contribution in [0.3, 0.4) is 0 Å². The molecule has 1 amide bonds. The summed E-state index contributed by atoms with van der Waals surface area (Å²) in [6, 6.07) is 0. The number of aliphatic imine (C=N–C) groups is 1. The predicted molar refractivity (Wildman–Crippen MR) is 108 cm³/mol. The largest absolute Gasteiger partial charge is 0.357 e. The van der Waals surface area contributed by atoms with E-state index in [1.54, 1.807) is 11.3 Å². The summed E-state index contributed by atoms with van der Waals surface area (Å²) in [6.07, 6.45) is 0. The molecule has 0 aliphatic carbocycles. The molecule has 0 aromatic carbocycles. The van der Waals surface area contributed by atoms with E-state index in [9.17, 15) is 4.79 Å². The van der Waals surface area contributed by atoms with Gasteiger partial charge in [-0.3, -0.25) is 4.79 Å². The third-order valence-electron chi connectivity index (χ3n) is 2.65. The lowest BCUT2D eigenvalue weighted by Gasteiger charge is -2.22. The fraction of sp³-hybridized carbons (Fsp3) is 0.667. The Kier molecular flexibility index (Phi) is 9.67. The topological polar surface area (TPSA) is 69.6 Å². The lowest BCUT2D eigenvalue weighted by molar-refractivity contribution is -0.121. The van der Waals surface area contributed by atoms with Crippen molar-refractivity contribution in [3.05, 3.63) is 16.1 Å². The molecule has 1 aromatic rings. The van der Waals surface area contributed by atoms with E-state index in [2.05, 4.69) is 20.6 Å². The van der Waals surface area contributed by atoms with Gasteiger partial charge in [0.25, 0.3) is 0 Å². The molecule has 1 rings (SSSR count). The lowest BCUT2D eigenvalue weighted by atomic mass is 10.1. The maximum absolute atomic E-state index is 11.9. The first-order chi connectivity index (χ1) is 10.2. The molecule has 0 radical (unpaired) electrons. The molecule has 6 nitrogen and oxygen atoms in total. The van der Waals surface area contributed by atoms with Crippen LogP contribution in [0.15, 0.2) is 10.4 Å². The number of hydrogen-bond donors (Lipinski definition) is 2.